The average Bonchev–Trinajstić information content (AvgIpc) is 3.47. The molecule has 2 heterocycles. The fraction of sp³-hybridized carbons (Fsp3) is 0. The van der Waals surface area contributed by atoms with Crippen LogP contribution in [0.3, 0.4) is 0 Å². The van der Waals surface area contributed by atoms with Crippen LogP contribution in [0.4, 0.5) is 0 Å². The van der Waals surface area contributed by atoms with Gasteiger partial charge in [0.1, 0.15) is 11.2 Å². The summed E-state index contributed by atoms with van der Waals surface area (Å²) in [5.41, 5.74) is 7.89. The first-order chi connectivity index (χ1) is 17.8. The van der Waals surface area contributed by atoms with Gasteiger partial charge in [-0.2, -0.15) is 0 Å². The van der Waals surface area contributed by atoms with Crippen molar-refractivity contribution in [1.29, 1.82) is 0 Å². The van der Waals surface area contributed by atoms with Crippen molar-refractivity contribution in [3.8, 4) is 16.8 Å². The van der Waals surface area contributed by atoms with Gasteiger partial charge in [0, 0.05) is 26.9 Å². The van der Waals surface area contributed by atoms with Gasteiger partial charge >= 0.3 is 0 Å². The zero-order valence-corrected chi connectivity index (χ0v) is 19.5. The van der Waals surface area contributed by atoms with Crippen LogP contribution in [0.25, 0.3) is 71.3 Å². The largest absolute Gasteiger partial charge is 0.456 e. The van der Waals surface area contributed by atoms with Gasteiger partial charge in [-0.3, -0.25) is 0 Å². The molecule has 2 heteroatoms. The van der Waals surface area contributed by atoms with E-state index in [0.29, 0.717) is 0 Å². The quantitative estimate of drug-likeness (QED) is 0.252. The third-order valence-electron chi connectivity index (χ3n) is 7.39. The minimum atomic E-state index is 0.925. The summed E-state index contributed by atoms with van der Waals surface area (Å²) >= 11 is 0. The van der Waals surface area contributed by atoms with Crippen molar-refractivity contribution in [2.75, 3.05) is 0 Å². The van der Waals surface area contributed by atoms with E-state index in [1.165, 1.54) is 49.4 Å². The summed E-state index contributed by atoms with van der Waals surface area (Å²) in [5.74, 6) is 0. The van der Waals surface area contributed by atoms with Crippen molar-refractivity contribution >= 4 is 54.5 Å². The van der Waals surface area contributed by atoms with Crippen LogP contribution in [0.15, 0.2) is 132 Å². The third-order valence-corrected chi connectivity index (χ3v) is 7.39. The van der Waals surface area contributed by atoms with E-state index in [9.17, 15) is 0 Å². The Kier molecular flexibility index (Phi) is 3.97. The lowest BCUT2D eigenvalue weighted by Crippen LogP contribution is -1.95. The number of hydrogen-bond acceptors (Lipinski definition) is 1. The molecule has 0 N–H and O–H groups in total. The first kappa shape index (κ1) is 19.5. The molecule has 0 aliphatic rings. The molecule has 0 saturated carbocycles. The molecule has 0 saturated heterocycles. The van der Waals surface area contributed by atoms with Crippen LogP contribution in [-0.4, -0.2) is 4.57 Å². The molecule has 36 heavy (non-hydrogen) atoms. The Labute approximate surface area is 207 Å². The monoisotopic (exact) mass is 459 g/mol. The molecule has 0 spiro atoms. The Bertz CT molecular complexity index is 2100. The van der Waals surface area contributed by atoms with Gasteiger partial charge in [-0.1, -0.05) is 84.9 Å². The van der Waals surface area contributed by atoms with Gasteiger partial charge in [0.05, 0.1) is 16.7 Å². The lowest BCUT2D eigenvalue weighted by atomic mass is 10.0. The maximum atomic E-state index is 6.06. The predicted molar refractivity (Wildman–Crippen MR) is 151 cm³/mol. The second-order valence-electron chi connectivity index (χ2n) is 9.39. The maximum Gasteiger partial charge on any atom is 0.135 e. The Morgan fingerprint density at radius 1 is 0.417 bits per heavy atom. The van der Waals surface area contributed by atoms with Crippen molar-refractivity contribution in [1.82, 2.24) is 4.57 Å². The minimum Gasteiger partial charge on any atom is -0.456 e. The Morgan fingerprint density at radius 2 is 1.06 bits per heavy atom. The van der Waals surface area contributed by atoms with E-state index in [-0.39, 0.29) is 0 Å². The van der Waals surface area contributed by atoms with Crippen molar-refractivity contribution in [2.24, 2.45) is 0 Å². The topological polar surface area (TPSA) is 18.1 Å². The summed E-state index contributed by atoms with van der Waals surface area (Å²) in [6, 6.07) is 45.5. The van der Waals surface area contributed by atoms with Crippen LogP contribution in [0, 0.1) is 0 Å². The average molecular weight is 460 g/mol. The number of nitrogens with zero attached hydrogens (tertiary/aromatic N) is 1. The molecule has 168 valence electrons. The Morgan fingerprint density at radius 3 is 1.97 bits per heavy atom. The second-order valence-corrected chi connectivity index (χ2v) is 9.39. The van der Waals surface area contributed by atoms with E-state index in [1.807, 2.05) is 12.1 Å². The number of rotatable bonds is 2. The Hall–Kier alpha value is -4.82. The normalized spacial score (nSPS) is 11.9. The number of furan rings is 1. The van der Waals surface area contributed by atoms with Crippen LogP contribution >= 0.6 is 0 Å². The molecule has 0 fully saturated rings. The summed E-state index contributed by atoms with van der Waals surface area (Å²) in [5, 5.41) is 7.33. The van der Waals surface area contributed by atoms with Crippen molar-refractivity contribution in [2.45, 2.75) is 0 Å². The number of hydrogen-bond donors (Lipinski definition) is 0. The fourth-order valence-electron chi connectivity index (χ4n) is 5.72. The summed E-state index contributed by atoms with van der Waals surface area (Å²) in [4.78, 5) is 0. The van der Waals surface area contributed by atoms with Crippen LogP contribution < -0.4 is 0 Å². The van der Waals surface area contributed by atoms with Crippen LogP contribution in [0.2, 0.25) is 0 Å². The summed E-state index contributed by atoms with van der Waals surface area (Å²) in [6.07, 6.45) is 0. The zero-order chi connectivity index (χ0) is 23.6. The van der Waals surface area contributed by atoms with E-state index in [0.717, 1.165) is 21.9 Å². The van der Waals surface area contributed by atoms with Gasteiger partial charge in [-0.15, -0.1) is 0 Å². The lowest BCUT2D eigenvalue weighted by molar-refractivity contribution is 0.669. The zero-order valence-electron chi connectivity index (χ0n) is 19.5. The molecule has 0 aliphatic heterocycles. The number of benzene rings is 6. The van der Waals surface area contributed by atoms with Crippen LogP contribution in [-0.2, 0) is 0 Å². The van der Waals surface area contributed by atoms with E-state index in [1.54, 1.807) is 0 Å². The summed E-state index contributed by atoms with van der Waals surface area (Å²) in [6.45, 7) is 0. The molecule has 0 bridgehead atoms. The highest BCUT2D eigenvalue weighted by atomic mass is 16.3. The summed E-state index contributed by atoms with van der Waals surface area (Å²) in [7, 11) is 0. The molecule has 0 amide bonds. The lowest BCUT2D eigenvalue weighted by Gasteiger charge is -2.11. The molecule has 0 radical (unpaired) electrons. The van der Waals surface area contributed by atoms with Gasteiger partial charge in [-0.05, 0) is 59.0 Å². The van der Waals surface area contributed by atoms with Crippen molar-refractivity contribution in [3.05, 3.63) is 127 Å². The first-order valence-corrected chi connectivity index (χ1v) is 12.3. The van der Waals surface area contributed by atoms with Crippen molar-refractivity contribution in [3.63, 3.8) is 0 Å². The molecule has 2 aromatic heterocycles. The van der Waals surface area contributed by atoms with Gasteiger partial charge in [0.15, 0.2) is 0 Å². The molecule has 6 aromatic carbocycles. The standard InChI is InChI=1S/C34H21NO/c1-2-10-25-22(8-1)9-7-14-30(25)35-31-13-5-3-11-26(31)28-20-23(16-18-32(28)35)24-17-19-34-29(21-24)27-12-4-6-15-33(27)36-34/h1-21H. The fourth-order valence-corrected chi connectivity index (χ4v) is 5.72. The van der Waals surface area contributed by atoms with Crippen molar-refractivity contribution < 1.29 is 4.42 Å². The van der Waals surface area contributed by atoms with Gasteiger partial charge < -0.3 is 8.98 Å². The number of fused-ring (bicyclic) bond motifs is 7. The minimum absolute atomic E-state index is 0.925. The maximum absolute atomic E-state index is 6.06. The highest BCUT2D eigenvalue weighted by molar-refractivity contribution is 6.12. The molecular weight excluding hydrogens is 438 g/mol. The predicted octanol–water partition coefficient (Wildman–Crippen LogP) is 9.50. The van der Waals surface area contributed by atoms with Gasteiger partial charge in [0.2, 0.25) is 0 Å². The summed E-state index contributed by atoms with van der Waals surface area (Å²) < 4.78 is 8.46. The second kappa shape index (κ2) is 7.34. The molecule has 8 rings (SSSR count). The number of aromatic nitrogens is 1. The molecule has 8 aromatic rings. The van der Waals surface area contributed by atoms with E-state index < -0.39 is 0 Å². The van der Waals surface area contributed by atoms with E-state index >= 15 is 0 Å². The van der Waals surface area contributed by atoms with Gasteiger partial charge in [0.25, 0.3) is 0 Å². The van der Waals surface area contributed by atoms with E-state index in [4.69, 9.17) is 4.42 Å². The molecule has 0 unspecified atom stereocenters. The Balaban J connectivity index is 1.40. The highest BCUT2D eigenvalue weighted by Gasteiger charge is 2.15. The highest BCUT2D eigenvalue weighted by Crippen LogP contribution is 2.38. The van der Waals surface area contributed by atoms with Crippen LogP contribution in [0.1, 0.15) is 0 Å². The number of para-hydroxylation sites is 2. The molecule has 0 aliphatic carbocycles. The first-order valence-electron chi connectivity index (χ1n) is 12.3. The smallest absolute Gasteiger partial charge is 0.135 e. The molecule has 0 atom stereocenters. The molecule has 2 nitrogen and oxygen atoms in total. The van der Waals surface area contributed by atoms with E-state index in [2.05, 4.69) is 120 Å². The SMILES string of the molecule is c1ccc2c(-n3c4ccccc4c4cc(-c5ccc6oc7ccccc7c6c5)ccc43)cccc2c1. The van der Waals surface area contributed by atoms with Gasteiger partial charge in [-0.25, -0.2) is 0 Å². The third kappa shape index (κ3) is 2.73. The molecular formula is C34H21NO. The van der Waals surface area contributed by atoms with Crippen LogP contribution in [0.5, 0.6) is 0 Å².